The summed E-state index contributed by atoms with van der Waals surface area (Å²) < 4.78 is 1.20. The Morgan fingerprint density at radius 2 is 1.90 bits per heavy atom. The molecule has 1 aromatic carbocycles. The number of hydrogen-bond donors (Lipinski definition) is 0. The van der Waals surface area contributed by atoms with Crippen molar-refractivity contribution in [1.82, 2.24) is 15.0 Å². The molecule has 0 atom stereocenters. The second-order valence-corrected chi connectivity index (χ2v) is 5.80. The van der Waals surface area contributed by atoms with Gasteiger partial charge in [0.2, 0.25) is 0 Å². The van der Waals surface area contributed by atoms with Gasteiger partial charge >= 0.3 is 0 Å². The maximum Gasteiger partial charge on any atom is 0.277 e. The van der Waals surface area contributed by atoms with Crippen LogP contribution in [0, 0.1) is 5.92 Å². The van der Waals surface area contributed by atoms with Gasteiger partial charge in [0.25, 0.3) is 5.56 Å². The van der Waals surface area contributed by atoms with Crippen molar-refractivity contribution >= 4 is 16.7 Å². The fraction of sp³-hybridized carbons (Fsp3) is 0.500. The van der Waals surface area contributed by atoms with E-state index in [0.717, 1.165) is 25.7 Å². The minimum atomic E-state index is -0.187. The molecule has 3 rings (SSSR count). The van der Waals surface area contributed by atoms with E-state index in [1.807, 2.05) is 0 Å². The molecule has 0 saturated heterocycles. The summed E-state index contributed by atoms with van der Waals surface area (Å²) in [5.41, 5.74) is 0.961. The molecule has 1 fully saturated rings. The Hall–Kier alpha value is -2.04. The van der Waals surface area contributed by atoms with Gasteiger partial charge in [-0.05, 0) is 25.0 Å². The van der Waals surface area contributed by atoms with Gasteiger partial charge in [0.15, 0.2) is 5.78 Å². The van der Waals surface area contributed by atoms with Crippen LogP contribution >= 0.6 is 0 Å². The highest BCUT2D eigenvalue weighted by Gasteiger charge is 2.21. The molecule has 0 aliphatic heterocycles. The van der Waals surface area contributed by atoms with Crippen molar-refractivity contribution < 1.29 is 4.79 Å². The number of carbonyl (C=O) groups excluding carboxylic acids is 1. The first-order chi connectivity index (χ1) is 10.2. The van der Waals surface area contributed by atoms with Gasteiger partial charge in [-0.15, -0.1) is 5.10 Å². The first-order valence-electron chi connectivity index (χ1n) is 7.55. The van der Waals surface area contributed by atoms with Crippen LogP contribution in [0.3, 0.4) is 0 Å². The Bertz CT molecular complexity index is 728. The van der Waals surface area contributed by atoms with Gasteiger partial charge in [-0.2, -0.15) is 0 Å². The molecule has 5 heteroatoms. The molecule has 0 amide bonds. The van der Waals surface area contributed by atoms with Gasteiger partial charge in [0, 0.05) is 18.5 Å². The first-order valence-corrected chi connectivity index (χ1v) is 7.55. The third-order valence-corrected chi connectivity index (χ3v) is 4.32. The SMILES string of the molecule is Cn1nnc2cc(C(=O)C3CCCCCC3)ccc2c1=O. The van der Waals surface area contributed by atoms with E-state index in [0.29, 0.717) is 16.5 Å². The van der Waals surface area contributed by atoms with Crippen molar-refractivity contribution in [3.8, 4) is 0 Å². The normalized spacial score (nSPS) is 16.8. The molecule has 0 spiro atoms. The van der Waals surface area contributed by atoms with Crippen LogP contribution in [0.15, 0.2) is 23.0 Å². The molecule has 1 saturated carbocycles. The number of hydrogen-bond acceptors (Lipinski definition) is 4. The van der Waals surface area contributed by atoms with E-state index in [2.05, 4.69) is 10.3 Å². The molecule has 0 unspecified atom stereocenters. The van der Waals surface area contributed by atoms with E-state index in [9.17, 15) is 9.59 Å². The van der Waals surface area contributed by atoms with Crippen LogP contribution in [0.5, 0.6) is 0 Å². The Morgan fingerprint density at radius 1 is 1.19 bits per heavy atom. The highest BCUT2D eigenvalue weighted by Crippen LogP contribution is 2.26. The number of rotatable bonds is 2. The van der Waals surface area contributed by atoms with Crippen molar-refractivity contribution in [2.45, 2.75) is 38.5 Å². The van der Waals surface area contributed by atoms with Crippen molar-refractivity contribution in [2.75, 3.05) is 0 Å². The molecule has 1 heterocycles. The standard InChI is InChI=1S/C16H19N3O2/c1-19-16(21)13-9-8-12(10-14(13)17-18-19)15(20)11-6-4-2-3-5-7-11/h8-11H,2-7H2,1H3. The summed E-state index contributed by atoms with van der Waals surface area (Å²) in [7, 11) is 1.57. The van der Waals surface area contributed by atoms with E-state index in [-0.39, 0.29) is 17.3 Å². The van der Waals surface area contributed by atoms with Gasteiger partial charge in [0.05, 0.1) is 5.39 Å². The summed E-state index contributed by atoms with van der Waals surface area (Å²) in [6, 6.07) is 5.14. The molecule has 0 bridgehead atoms. The van der Waals surface area contributed by atoms with Crippen LogP contribution in [0.1, 0.15) is 48.9 Å². The Labute approximate surface area is 123 Å². The Kier molecular flexibility index (Phi) is 3.82. The smallest absolute Gasteiger partial charge is 0.277 e. The lowest BCUT2D eigenvalue weighted by Gasteiger charge is -2.12. The molecule has 0 N–H and O–H groups in total. The van der Waals surface area contributed by atoms with E-state index in [1.165, 1.54) is 17.5 Å². The molecule has 21 heavy (non-hydrogen) atoms. The van der Waals surface area contributed by atoms with Gasteiger partial charge < -0.3 is 0 Å². The molecular weight excluding hydrogens is 266 g/mol. The van der Waals surface area contributed by atoms with E-state index in [1.54, 1.807) is 25.2 Å². The number of carbonyl (C=O) groups is 1. The summed E-state index contributed by atoms with van der Waals surface area (Å²) >= 11 is 0. The fourth-order valence-electron chi connectivity index (χ4n) is 3.06. The van der Waals surface area contributed by atoms with Crippen molar-refractivity contribution in [3.63, 3.8) is 0 Å². The lowest BCUT2D eigenvalue weighted by molar-refractivity contribution is 0.0908. The van der Waals surface area contributed by atoms with Crippen LogP contribution < -0.4 is 5.56 Å². The van der Waals surface area contributed by atoms with Crippen LogP contribution in [0.4, 0.5) is 0 Å². The second-order valence-electron chi connectivity index (χ2n) is 5.80. The highest BCUT2D eigenvalue weighted by molar-refractivity contribution is 6.00. The van der Waals surface area contributed by atoms with E-state index in [4.69, 9.17) is 0 Å². The van der Waals surface area contributed by atoms with Crippen LogP contribution in [0.25, 0.3) is 10.9 Å². The summed E-state index contributed by atoms with van der Waals surface area (Å²) in [6.07, 6.45) is 6.65. The average molecular weight is 285 g/mol. The highest BCUT2D eigenvalue weighted by atomic mass is 16.1. The largest absolute Gasteiger partial charge is 0.294 e. The van der Waals surface area contributed by atoms with Gasteiger partial charge in [-0.1, -0.05) is 37.0 Å². The molecule has 5 nitrogen and oxygen atoms in total. The zero-order chi connectivity index (χ0) is 14.8. The number of ketones is 1. The molecular formula is C16H19N3O2. The number of aromatic nitrogens is 3. The zero-order valence-corrected chi connectivity index (χ0v) is 12.2. The lowest BCUT2D eigenvalue weighted by Crippen LogP contribution is -2.21. The van der Waals surface area contributed by atoms with Crippen LogP contribution in [-0.4, -0.2) is 20.8 Å². The second kappa shape index (κ2) is 5.76. The Morgan fingerprint density at radius 3 is 2.62 bits per heavy atom. The number of nitrogens with zero attached hydrogens (tertiary/aromatic N) is 3. The third kappa shape index (κ3) is 2.73. The van der Waals surface area contributed by atoms with Gasteiger partial charge in [0.1, 0.15) is 5.52 Å². The lowest BCUT2D eigenvalue weighted by atomic mass is 9.91. The minimum Gasteiger partial charge on any atom is -0.294 e. The van der Waals surface area contributed by atoms with E-state index >= 15 is 0 Å². The van der Waals surface area contributed by atoms with Crippen molar-refractivity contribution in [3.05, 3.63) is 34.1 Å². The number of benzene rings is 1. The van der Waals surface area contributed by atoms with Gasteiger partial charge in [-0.25, -0.2) is 4.68 Å². The topological polar surface area (TPSA) is 64.8 Å². The monoisotopic (exact) mass is 285 g/mol. The molecule has 2 aromatic rings. The molecule has 1 aliphatic rings. The van der Waals surface area contributed by atoms with Crippen LogP contribution in [0.2, 0.25) is 0 Å². The predicted molar refractivity (Wildman–Crippen MR) is 80.3 cm³/mol. The first kappa shape index (κ1) is 13.9. The van der Waals surface area contributed by atoms with Crippen molar-refractivity contribution in [1.29, 1.82) is 0 Å². The van der Waals surface area contributed by atoms with Crippen molar-refractivity contribution in [2.24, 2.45) is 13.0 Å². The number of aryl methyl sites for hydroxylation is 1. The molecule has 1 aliphatic carbocycles. The molecule has 0 radical (unpaired) electrons. The van der Waals surface area contributed by atoms with E-state index < -0.39 is 0 Å². The predicted octanol–water partition coefficient (Wildman–Crippen LogP) is 2.48. The van der Waals surface area contributed by atoms with Crippen LogP contribution in [-0.2, 0) is 7.05 Å². The third-order valence-electron chi connectivity index (χ3n) is 4.32. The quantitative estimate of drug-likeness (QED) is 0.628. The number of Topliss-reactive ketones (excluding diaryl/α,β-unsaturated/α-hetero) is 1. The zero-order valence-electron chi connectivity index (χ0n) is 12.2. The summed E-state index contributed by atoms with van der Waals surface area (Å²) in [5.74, 6) is 0.297. The average Bonchev–Trinajstić information content (AvgIpc) is 2.79. The summed E-state index contributed by atoms with van der Waals surface area (Å²) in [6.45, 7) is 0. The summed E-state index contributed by atoms with van der Waals surface area (Å²) in [4.78, 5) is 24.5. The maximum absolute atomic E-state index is 12.6. The Balaban J connectivity index is 1.95. The minimum absolute atomic E-state index is 0.115. The maximum atomic E-state index is 12.6. The molecule has 1 aromatic heterocycles. The fourth-order valence-corrected chi connectivity index (χ4v) is 3.06. The number of fused-ring (bicyclic) bond motifs is 1. The molecule has 110 valence electrons. The van der Waals surface area contributed by atoms with Gasteiger partial charge in [-0.3, -0.25) is 9.59 Å². The summed E-state index contributed by atoms with van der Waals surface area (Å²) in [5, 5.41) is 8.29.